The lowest BCUT2D eigenvalue weighted by molar-refractivity contribution is -0.158. The van der Waals surface area contributed by atoms with E-state index in [1.54, 1.807) is 6.92 Å². The zero-order valence-electron chi connectivity index (χ0n) is 15.2. The van der Waals surface area contributed by atoms with E-state index in [4.69, 9.17) is 0 Å². The molecule has 1 N–H and O–H groups in total. The molecule has 7 atom stereocenters. The predicted molar refractivity (Wildman–Crippen MR) is 92.3 cm³/mol. The molecule has 3 saturated carbocycles. The highest BCUT2D eigenvalue weighted by Gasteiger charge is 2.64. The summed E-state index contributed by atoms with van der Waals surface area (Å²) >= 11 is 0. The molecule has 3 fully saturated rings. The number of hydrogen-bond acceptors (Lipinski definition) is 3. The molecule has 24 heavy (non-hydrogen) atoms. The van der Waals surface area contributed by atoms with Gasteiger partial charge in [-0.15, -0.1) is 0 Å². The molecule has 0 aromatic rings. The Morgan fingerprint density at radius 1 is 1.21 bits per heavy atom. The van der Waals surface area contributed by atoms with Crippen LogP contribution in [0.3, 0.4) is 0 Å². The molecule has 1 unspecified atom stereocenters. The highest BCUT2D eigenvalue weighted by atomic mass is 16.3. The summed E-state index contributed by atoms with van der Waals surface area (Å²) in [7, 11) is 0. The van der Waals surface area contributed by atoms with E-state index in [1.165, 1.54) is 5.57 Å². The van der Waals surface area contributed by atoms with Gasteiger partial charge in [-0.05, 0) is 81.1 Å². The van der Waals surface area contributed by atoms with Gasteiger partial charge in [0, 0.05) is 11.8 Å². The summed E-state index contributed by atoms with van der Waals surface area (Å²) in [6.45, 7) is 5.98. The summed E-state index contributed by atoms with van der Waals surface area (Å²) in [5, 5.41) is 11.1. The number of fused-ring (bicyclic) bond motifs is 5. The second-order valence-electron chi connectivity index (χ2n) is 9.28. The Hall–Kier alpha value is -0.960. The third-order valence-electron chi connectivity index (χ3n) is 8.36. The smallest absolute Gasteiger partial charge is 0.161 e. The summed E-state index contributed by atoms with van der Waals surface area (Å²) < 4.78 is 0. The normalized spacial score (nSPS) is 50.6. The number of rotatable bonds is 1. The summed E-state index contributed by atoms with van der Waals surface area (Å²) in [4.78, 5) is 24.1. The molecule has 0 radical (unpaired) electrons. The van der Waals surface area contributed by atoms with Crippen molar-refractivity contribution in [3.8, 4) is 0 Å². The number of carbonyl (C=O) groups excluding carboxylic acids is 2. The first-order chi connectivity index (χ1) is 11.3. The van der Waals surface area contributed by atoms with Gasteiger partial charge in [0.05, 0.1) is 0 Å². The van der Waals surface area contributed by atoms with Gasteiger partial charge in [0.2, 0.25) is 0 Å². The van der Waals surface area contributed by atoms with Gasteiger partial charge in [-0.2, -0.15) is 0 Å². The molecule has 4 aliphatic carbocycles. The number of aliphatic hydroxyl groups is 1. The Bertz CT molecular complexity index is 621. The third-order valence-corrected chi connectivity index (χ3v) is 8.36. The second-order valence-corrected chi connectivity index (χ2v) is 9.28. The fourth-order valence-corrected chi connectivity index (χ4v) is 7.21. The van der Waals surface area contributed by atoms with Crippen LogP contribution in [0.1, 0.15) is 65.7 Å². The standard InChI is InChI=1S/C21H30O3/c1-12-10-15(23)11-14-4-5-16-17(19(12)14)6-8-20(3)18(16)7-9-21(20,24)13(2)22/h11-12,16-19,24H,4-10H2,1-3H3/t12?,16-,17+,18+,19+,20+,21+/m1/s1. The quantitative estimate of drug-likeness (QED) is 0.797. The van der Waals surface area contributed by atoms with Crippen molar-refractivity contribution >= 4 is 11.6 Å². The van der Waals surface area contributed by atoms with Crippen molar-refractivity contribution < 1.29 is 14.7 Å². The molecule has 0 spiro atoms. The first-order valence-electron chi connectivity index (χ1n) is 9.74. The molecule has 0 aromatic heterocycles. The fraction of sp³-hybridized carbons (Fsp3) is 0.810. The van der Waals surface area contributed by atoms with E-state index in [0.29, 0.717) is 48.2 Å². The molecule has 0 amide bonds. The Morgan fingerprint density at radius 2 is 1.96 bits per heavy atom. The molecule has 3 nitrogen and oxygen atoms in total. The number of carbonyl (C=O) groups is 2. The van der Waals surface area contributed by atoms with Crippen LogP contribution in [0, 0.1) is 35.0 Å². The van der Waals surface area contributed by atoms with Gasteiger partial charge in [0.25, 0.3) is 0 Å². The molecule has 4 rings (SSSR count). The maximum atomic E-state index is 12.2. The van der Waals surface area contributed by atoms with Crippen LogP contribution in [0.2, 0.25) is 0 Å². The van der Waals surface area contributed by atoms with Crippen molar-refractivity contribution in [3.05, 3.63) is 11.6 Å². The zero-order valence-corrected chi connectivity index (χ0v) is 15.2. The lowest BCUT2D eigenvalue weighted by Gasteiger charge is -2.56. The van der Waals surface area contributed by atoms with Crippen molar-refractivity contribution in [1.29, 1.82) is 0 Å². The number of Topliss-reactive ketones (excluding diaryl/α,β-unsaturated/α-hetero) is 1. The van der Waals surface area contributed by atoms with Gasteiger partial charge in [0.1, 0.15) is 5.60 Å². The number of allylic oxidation sites excluding steroid dienone is 1. The van der Waals surface area contributed by atoms with Crippen LogP contribution in [-0.4, -0.2) is 22.3 Å². The Kier molecular flexibility index (Phi) is 3.62. The molecule has 0 saturated heterocycles. The minimum atomic E-state index is -1.12. The van der Waals surface area contributed by atoms with E-state index in [1.807, 2.05) is 6.08 Å². The molecular weight excluding hydrogens is 300 g/mol. The van der Waals surface area contributed by atoms with Crippen LogP contribution in [0.4, 0.5) is 0 Å². The monoisotopic (exact) mass is 330 g/mol. The molecule has 0 heterocycles. The van der Waals surface area contributed by atoms with Gasteiger partial charge in [-0.1, -0.05) is 19.4 Å². The van der Waals surface area contributed by atoms with E-state index in [-0.39, 0.29) is 11.2 Å². The van der Waals surface area contributed by atoms with Gasteiger partial charge in [0.15, 0.2) is 11.6 Å². The van der Waals surface area contributed by atoms with Crippen molar-refractivity contribution in [3.63, 3.8) is 0 Å². The van der Waals surface area contributed by atoms with Crippen LogP contribution >= 0.6 is 0 Å². The summed E-state index contributed by atoms with van der Waals surface area (Å²) in [6.07, 6.45) is 8.44. The van der Waals surface area contributed by atoms with Crippen LogP contribution in [0.25, 0.3) is 0 Å². The van der Waals surface area contributed by atoms with Crippen LogP contribution in [0.5, 0.6) is 0 Å². The van der Waals surface area contributed by atoms with Crippen LogP contribution in [0.15, 0.2) is 11.6 Å². The first-order valence-corrected chi connectivity index (χ1v) is 9.74. The average Bonchev–Trinajstić information content (AvgIpc) is 2.79. The highest BCUT2D eigenvalue weighted by molar-refractivity contribution is 5.91. The summed E-state index contributed by atoms with van der Waals surface area (Å²) in [5.74, 6) is 2.96. The predicted octanol–water partition coefficient (Wildman–Crippen LogP) is 3.69. The van der Waals surface area contributed by atoms with Crippen molar-refractivity contribution in [1.82, 2.24) is 0 Å². The zero-order chi connectivity index (χ0) is 17.3. The summed E-state index contributed by atoms with van der Waals surface area (Å²) in [6, 6.07) is 0. The minimum absolute atomic E-state index is 0.0426. The van der Waals surface area contributed by atoms with Crippen molar-refractivity contribution in [2.75, 3.05) is 0 Å². The molecule has 0 aliphatic heterocycles. The molecular formula is C21H30O3. The highest BCUT2D eigenvalue weighted by Crippen LogP contribution is 2.65. The third kappa shape index (κ3) is 2.00. The topological polar surface area (TPSA) is 54.4 Å². The van der Waals surface area contributed by atoms with Gasteiger partial charge < -0.3 is 5.11 Å². The fourth-order valence-electron chi connectivity index (χ4n) is 7.21. The molecule has 3 heteroatoms. The first kappa shape index (κ1) is 16.5. The van der Waals surface area contributed by atoms with Crippen LogP contribution in [-0.2, 0) is 9.59 Å². The maximum Gasteiger partial charge on any atom is 0.161 e. The van der Waals surface area contributed by atoms with Gasteiger partial charge >= 0.3 is 0 Å². The summed E-state index contributed by atoms with van der Waals surface area (Å²) in [5.41, 5.74) is 0.0189. The number of ketones is 2. The molecule has 0 bridgehead atoms. The van der Waals surface area contributed by atoms with Gasteiger partial charge in [-0.25, -0.2) is 0 Å². The van der Waals surface area contributed by atoms with E-state index in [2.05, 4.69) is 13.8 Å². The Balaban J connectivity index is 1.67. The average molecular weight is 330 g/mol. The SMILES string of the molecule is CC(=O)[C@@]1(O)CC[C@H]2[C@@H]3CCC4=CC(=O)CC(C)[C@@H]4[C@H]3CC[C@@]21C. The van der Waals surface area contributed by atoms with E-state index < -0.39 is 5.60 Å². The molecule has 4 aliphatic rings. The second kappa shape index (κ2) is 5.27. The van der Waals surface area contributed by atoms with E-state index in [9.17, 15) is 14.7 Å². The largest absolute Gasteiger partial charge is 0.382 e. The Morgan fingerprint density at radius 3 is 2.67 bits per heavy atom. The minimum Gasteiger partial charge on any atom is -0.382 e. The van der Waals surface area contributed by atoms with Crippen molar-refractivity contribution in [2.45, 2.75) is 71.3 Å². The molecule has 0 aromatic carbocycles. The molecule has 132 valence electrons. The van der Waals surface area contributed by atoms with E-state index >= 15 is 0 Å². The van der Waals surface area contributed by atoms with Gasteiger partial charge in [-0.3, -0.25) is 9.59 Å². The van der Waals surface area contributed by atoms with Crippen LogP contribution < -0.4 is 0 Å². The van der Waals surface area contributed by atoms with E-state index in [0.717, 1.165) is 32.1 Å². The Labute approximate surface area is 144 Å². The van der Waals surface area contributed by atoms with Crippen molar-refractivity contribution in [2.24, 2.45) is 35.0 Å². The lowest BCUT2D eigenvalue weighted by Crippen LogP contribution is -2.56. The lowest BCUT2D eigenvalue weighted by atomic mass is 9.49. The maximum absolute atomic E-state index is 12.2. The number of hydrogen-bond donors (Lipinski definition) is 1.